The Labute approximate surface area is 209 Å². The van der Waals surface area contributed by atoms with Crippen LogP contribution in [0.2, 0.25) is 5.02 Å². The third-order valence-corrected chi connectivity index (χ3v) is 8.04. The molecule has 0 radical (unpaired) electrons. The third-order valence-electron chi connectivity index (χ3n) is 5.77. The zero-order valence-corrected chi connectivity index (χ0v) is 21.3. The number of hydrogen-bond donors (Lipinski definition) is 0. The first-order valence-electron chi connectivity index (χ1n) is 10.5. The second-order valence-electron chi connectivity index (χ2n) is 8.33. The van der Waals surface area contributed by atoms with Crippen LogP contribution in [0.15, 0.2) is 83.0 Å². The molecule has 1 heterocycles. The molecule has 0 aliphatic heterocycles. The lowest BCUT2D eigenvalue weighted by Crippen LogP contribution is -2.23. The fourth-order valence-corrected chi connectivity index (χ4v) is 5.59. The summed E-state index contributed by atoms with van der Waals surface area (Å²) >= 11 is 7.58. The summed E-state index contributed by atoms with van der Waals surface area (Å²) in [6, 6.07) is 18.5. The van der Waals surface area contributed by atoms with E-state index in [-0.39, 0.29) is 11.6 Å². The Kier molecular flexibility index (Phi) is 7.26. The monoisotopic (exact) mass is 516 g/mol. The number of aromatic nitrogens is 2. The number of thioether (sulfide) groups is 1. The molecule has 0 bridgehead atoms. The summed E-state index contributed by atoms with van der Waals surface area (Å²) in [4.78, 5) is 5.40. The zero-order valence-electron chi connectivity index (χ0n) is 18.9. The highest BCUT2D eigenvalue weighted by Gasteiger charge is 2.29. The van der Waals surface area contributed by atoms with E-state index in [0.29, 0.717) is 21.5 Å². The molecule has 1 atom stereocenters. The largest absolute Gasteiger partial charge is 0.291 e. The molecule has 0 spiro atoms. The maximum absolute atomic E-state index is 14.3. The van der Waals surface area contributed by atoms with E-state index in [1.54, 1.807) is 36.7 Å². The Morgan fingerprint density at radius 2 is 1.71 bits per heavy atom. The van der Waals surface area contributed by atoms with E-state index in [2.05, 4.69) is 18.8 Å². The summed E-state index contributed by atoms with van der Waals surface area (Å²) < 4.78 is 41.8. The molecule has 8 heteroatoms. The van der Waals surface area contributed by atoms with Crippen molar-refractivity contribution in [2.24, 2.45) is 0 Å². The topological polar surface area (TPSA) is 34.9 Å². The first-order valence-corrected chi connectivity index (χ1v) is 13.4. The van der Waals surface area contributed by atoms with Gasteiger partial charge in [0, 0.05) is 49.4 Å². The van der Waals surface area contributed by atoms with Gasteiger partial charge in [-0.25, -0.2) is 13.8 Å². The van der Waals surface area contributed by atoms with Gasteiger partial charge in [0.1, 0.15) is 11.6 Å². The second-order valence-corrected chi connectivity index (χ2v) is 11.1. The molecule has 0 saturated carbocycles. The van der Waals surface area contributed by atoms with Crippen LogP contribution >= 0.6 is 23.4 Å². The number of halogens is 3. The molecular formula is C26H23ClF2N2OS2. The molecule has 0 saturated heterocycles. The lowest BCUT2D eigenvalue weighted by atomic mass is 9.81. The molecule has 0 aliphatic rings. The van der Waals surface area contributed by atoms with Crippen molar-refractivity contribution in [3.8, 4) is 5.69 Å². The molecule has 0 N–H and O–H groups in total. The molecule has 1 aromatic heterocycles. The molecule has 4 rings (SSSR count). The minimum Gasteiger partial charge on any atom is -0.291 e. The van der Waals surface area contributed by atoms with E-state index in [9.17, 15) is 13.0 Å². The van der Waals surface area contributed by atoms with Gasteiger partial charge in [-0.2, -0.15) is 0 Å². The third kappa shape index (κ3) is 4.97. The number of imidazole rings is 1. The molecule has 176 valence electrons. The van der Waals surface area contributed by atoms with Crippen molar-refractivity contribution in [1.82, 2.24) is 9.55 Å². The SMILES string of the molecule is CS(=O)c1ccc(C(C)(C)c2cnc(SCc3c(F)cccc3Cl)n2-c2ccc(F)cc2)cc1. The number of nitrogens with zero attached hydrogens (tertiary/aromatic N) is 2. The summed E-state index contributed by atoms with van der Waals surface area (Å²) in [5, 5.41) is 1.00. The van der Waals surface area contributed by atoms with E-state index >= 15 is 0 Å². The smallest absolute Gasteiger partial charge is 0.173 e. The number of benzene rings is 3. The van der Waals surface area contributed by atoms with E-state index in [0.717, 1.165) is 21.8 Å². The van der Waals surface area contributed by atoms with Crippen molar-refractivity contribution in [1.29, 1.82) is 0 Å². The molecule has 1 unspecified atom stereocenters. The van der Waals surface area contributed by atoms with Crippen LogP contribution in [0.3, 0.4) is 0 Å². The van der Waals surface area contributed by atoms with Crippen LogP contribution in [0.4, 0.5) is 8.78 Å². The average Bonchev–Trinajstić information content (AvgIpc) is 3.24. The van der Waals surface area contributed by atoms with Gasteiger partial charge in [-0.05, 0) is 54.1 Å². The number of hydrogen-bond acceptors (Lipinski definition) is 3. The number of rotatable bonds is 7. The maximum Gasteiger partial charge on any atom is 0.173 e. The molecule has 34 heavy (non-hydrogen) atoms. The molecule has 0 aliphatic carbocycles. The lowest BCUT2D eigenvalue weighted by molar-refractivity contribution is 0.591. The van der Waals surface area contributed by atoms with Crippen LogP contribution in [-0.2, 0) is 22.0 Å². The lowest BCUT2D eigenvalue weighted by Gasteiger charge is -2.27. The summed E-state index contributed by atoms with van der Waals surface area (Å²) in [6.07, 6.45) is 3.44. The van der Waals surface area contributed by atoms with E-state index < -0.39 is 16.2 Å². The van der Waals surface area contributed by atoms with Gasteiger partial charge in [0.05, 0.1) is 11.9 Å². The minimum absolute atomic E-state index is 0.292. The van der Waals surface area contributed by atoms with Crippen LogP contribution in [-0.4, -0.2) is 20.0 Å². The van der Waals surface area contributed by atoms with Crippen molar-refractivity contribution >= 4 is 34.2 Å². The quantitative estimate of drug-likeness (QED) is 0.244. The molecule has 4 aromatic rings. The molecule has 3 aromatic carbocycles. The fourth-order valence-electron chi connectivity index (χ4n) is 3.74. The van der Waals surface area contributed by atoms with Crippen molar-refractivity contribution in [2.45, 2.75) is 35.1 Å². The van der Waals surface area contributed by atoms with Crippen molar-refractivity contribution < 1.29 is 13.0 Å². The van der Waals surface area contributed by atoms with Crippen LogP contribution in [0.1, 0.15) is 30.7 Å². The van der Waals surface area contributed by atoms with E-state index in [1.807, 2.05) is 28.8 Å². The van der Waals surface area contributed by atoms with E-state index in [4.69, 9.17) is 11.6 Å². The normalized spacial score (nSPS) is 12.6. The van der Waals surface area contributed by atoms with Gasteiger partial charge in [-0.15, -0.1) is 0 Å². The highest BCUT2D eigenvalue weighted by atomic mass is 35.5. The zero-order chi connectivity index (χ0) is 24.5. The summed E-state index contributed by atoms with van der Waals surface area (Å²) in [5.41, 5.74) is 2.57. The fraction of sp³-hybridized carbons (Fsp3) is 0.192. The van der Waals surface area contributed by atoms with Gasteiger partial charge < -0.3 is 0 Å². The highest BCUT2D eigenvalue weighted by Crippen LogP contribution is 2.37. The van der Waals surface area contributed by atoms with Crippen LogP contribution < -0.4 is 0 Å². The summed E-state index contributed by atoms with van der Waals surface area (Å²) in [5.74, 6) is -0.408. The Morgan fingerprint density at radius 1 is 1.03 bits per heavy atom. The average molecular weight is 517 g/mol. The van der Waals surface area contributed by atoms with Gasteiger partial charge in [-0.3, -0.25) is 8.78 Å². The van der Waals surface area contributed by atoms with E-state index in [1.165, 1.54) is 30.0 Å². The van der Waals surface area contributed by atoms with Gasteiger partial charge in [0.15, 0.2) is 5.16 Å². The predicted octanol–water partition coefficient (Wildman–Crippen LogP) is 7.16. The van der Waals surface area contributed by atoms with Crippen LogP contribution in [0.5, 0.6) is 0 Å². The van der Waals surface area contributed by atoms with Gasteiger partial charge in [-0.1, -0.05) is 55.4 Å². The molecular weight excluding hydrogens is 494 g/mol. The first-order chi connectivity index (χ1) is 16.2. The Bertz CT molecular complexity index is 1320. The Morgan fingerprint density at radius 3 is 2.32 bits per heavy atom. The Balaban J connectivity index is 1.77. The predicted molar refractivity (Wildman–Crippen MR) is 135 cm³/mol. The highest BCUT2D eigenvalue weighted by molar-refractivity contribution is 7.98. The summed E-state index contributed by atoms with van der Waals surface area (Å²) in [6.45, 7) is 4.15. The van der Waals surface area contributed by atoms with Crippen LogP contribution in [0.25, 0.3) is 5.69 Å². The standard InChI is InChI=1S/C26H23ClF2N2OS2/c1-26(2,17-7-13-20(14-8-17)34(3)32)24-15-30-25(31(24)19-11-9-18(28)10-12-19)33-16-21-22(27)5-4-6-23(21)29/h4-15H,16H2,1-3H3. The molecule has 0 amide bonds. The van der Waals surface area contributed by atoms with Crippen LogP contribution in [0, 0.1) is 11.6 Å². The maximum atomic E-state index is 14.3. The Hall–Kier alpha value is -2.48. The van der Waals surface area contributed by atoms with Gasteiger partial charge in [0.25, 0.3) is 0 Å². The second kappa shape index (κ2) is 10.0. The van der Waals surface area contributed by atoms with Crippen molar-refractivity contribution in [3.63, 3.8) is 0 Å². The van der Waals surface area contributed by atoms with Crippen molar-refractivity contribution in [3.05, 3.63) is 106 Å². The van der Waals surface area contributed by atoms with Gasteiger partial charge in [0.2, 0.25) is 0 Å². The molecule has 3 nitrogen and oxygen atoms in total. The van der Waals surface area contributed by atoms with Gasteiger partial charge >= 0.3 is 0 Å². The summed E-state index contributed by atoms with van der Waals surface area (Å²) in [7, 11) is -1.06. The minimum atomic E-state index is -1.06. The van der Waals surface area contributed by atoms with Crippen molar-refractivity contribution in [2.75, 3.05) is 6.26 Å². The first kappa shape index (κ1) is 24.6. The molecule has 0 fully saturated rings.